The molecule has 1 aliphatic rings. The van der Waals surface area contributed by atoms with Crippen LogP contribution in [0.3, 0.4) is 0 Å². The topological polar surface area (TPSA) is 87.3 Å². The first-order valence-corrected chi connectivity index (χ1v) is 9.16. The normalized spacial score (nSPS) is 14.6. The number of aromatic amines is 1. The number of aromatic nitrogens is 2. The van der Waals surface area contributed by atoms with E-state index in [1.807, 2.05) is 12.1 Å². The molecule has 0 bridgehead atoms. The van der Waals surface area contributed by atoms with E-state index >= 15 is 0 Å². The summed E-state index contributed by atoms with van der Waals surface area (Å²) in [4.78, 5) is 33.8. The molecule has 1 fully saturated rings. The van der Waals surface area contributed by atoms with E-state index in [4.69, 9.17) is 4.74 Å². The third-order valence-corrected chi connectivity index (χ3v) is 5.30. The Morgan fingerprint density at radius 2 is 2.08 bits per heavy atom. The Hall–Kier alpha value is -2.71. The van der Waals surface area contributed by atoms with Gasteiger partial charge in [0.25, 0.3) is 11.5 Å². The molecule has 7 nitrogen and oxygen atoms in total. The van der Waals surface area contributed by atoms with Gasteiger partial charge in [-0.15, -0.1) is 0 Å². The number of nitrogens with one attached hydrogen (secondary N) is 2. The largest absolute Gasteiger partial charge is 0.378 e. The number of hydrogen-bond acceptors (Lipinski definition) is 6. The zero-order valence-corrected chi connectivity index (χ0v) is 15.1. The van der Waals surface area contributed by atoms with E-state index in [0.717, 1.165) is 28.4 Å². The van der Waals surface area contributed by atoms with Crippen LogP contribution in [0, 0.1) is 6.92 Å². The van der Waals surface area contributed by atoms with Gasteiger partial charge in [0, 0.05) is 24.5 Å². The molecule has 0 unspecified atom stereocenters. The number of ether oxygens (including phenoxy) is 1. The fourth-order valence-electron chi connectivity index (χ4n) is 2.83. The van der Waals surface area contributed by atoms with Crippen molar-refractivity contribution in [2.45, 2.75) is 6.92 Å². The predicted octanol–water partition coefficient (Wildman–Crippen LogP) is 2.38. The van der Waals surface area contributed by atoms with E-state index < -0.39 is 11.5 Å². The molecule has 0 aliphatic carbocycles. The number of amides is 1. The predicted molar refractivity (Wildman–Crippen MR) is 102 cm³/mol. The van der Waals surface area contributed by atoms with Crippen LogP contribution < -0.4 is 15.8 Å². The lowest BCUT2D eigenvalue weighted by Crippen LogP contribution is -2.36. The molecule has 134 valence electrons. The average Bonchev–Trinajstić information content (AvgIpc) is 3.05. The summed E-state index contributed by atoms with van der Waals surface area (Å²) in [5, 5.41) is 3.75. The Balaban J connectivity index is 1.57. The van der Waals surface area contributed by atoms with E-state index in [-0.39, 0.29) is 5.56 Å². The highest BCUT2D eigenvalue weighted by atomic mass is 32.1. The van der Waals surface area contributed by atoms with Crippen LogP contribution >= 0.6 is 11.3 Å². The number of aryl methyl sites for hydroxylation is 1. The van der Waals surface area contributed by atoms with Crippen molar-refractivity contribution in [3.8, 4) is 0 Å². The Kier molecular flexibility index (Phi) is 4.44. The minimum atomic E-state index is -0.427. The van der Waals surface area contributed by atoms with Gasteiger partial charge < -0.3 is 19.9 Å². The molecule has 0 radical (unpaired) electrons. The van der Waals surface area contributed by atoms with Crippen LogP contribution in [0.1, 0.15) is 16.1 Å². The van der Waals surface area contributed by atoms with E-state index in [1.54, 1.807) is 30.4 Å². The van der Waals surface area contributed by atoms with Crippen LogP contribution in [0.5, 0.6) is 0 Å². The molecule has 0 saturated carbocycles. The number of hydrogen-bond donors (Lipinski definition) is 2. The van der Waals surface area contributed by atoms with Crippen molar-refractivity contribution < 1.29 is 9.53 Å². The molecule has 8 heteroatoms. The number of fused-ring (bicyclic) bond motifs is 1. The number of pyridine rings is 1. The molecule has 1 aliphatic heterocycles. The van der Waals surface area contributed by atoms with Gasteiger partial charge in [-0.3, -0.25) is 9.59 Å². The van der Waals surface area contributed by atoms with Crippen LogP contribution in [-0.4, -0.2) is 42.2 Å². The van der Waals surface area contributed by atoms with Gasteiger partial charge in [0.05, 0.1) is 23.4 Å². The number of rotatable bonds is 3. The van der Waals surface area contributed by atoms with Crippen molar-refractivity contribution >= 4 is 38.3 Å². The number of H-pyrrole nitrogens is 1. The molecule has 26 heavy (non-hydrogen) atoms. The van der Waals surface area contributed by atoms with Crippen molar-refractivity contribution in [1.82, 2.24) is 9.97 Å². The van der Waals surface area contributed by atoms with Gasteiger partial charge in [0.2, 0.25) is 0 Å². The maximum atomic E-state index is 12.4. The third kappa shape index (κ3) is 3.33. The molecular weight excluding hydrogens is 352 g/mol. The van der Waals surface area contributed by atoms with Crippen molar-refractivity contribution in [2.75, 3.05) is 36.5 Å². The van der Waals surface area contributed by atoms with Gasteiger partial charge in [0.15, 0.2) is 5.13 Å². The van der Waals surface area contributed by atoms with Gasteiger partial charge >= 0.3 is 0 Å². The second-order valence-electron chi connectivity index (χ2n) is 6.12. The van der Waals surface area contributed by atoms with Gasteiger partial charge in [-0.1, -0.05) is 11.3 Å². The van der Waals surface area contributed by atoms with Crippen molar-refractivity contribution in [3.63, 3.8) is 0 Å². The van der Waals surface area contributed by atoms with Gasteiger partial charge in [-0.25, -0.2) is 4.98 Å². The summed E-state index contributed by atoms with van der Waals surface area (Å²) in [6.45, 7) is 4.86. The number of thiazole rings is 1. The summed E-state index contributed by atoms with van der Waals surface area (Å²) < 4.78 is 6.36. The maximum Gasteiger partial charge on any atom is 0.261 e. The number of benzene rings is 1. The first kappa shape index (κ1) is 16.7. The van der Waals surface area contributed by atoms with Crippen molar-refractivity contribution in [2.24, 2.45) is 0 Å². The van der Waals surface area contributed by atoms with E-state index in [9.17, 15) is 9.59 Å². The lowest BCUT2D eigenvalue weighted by molar-refractivity contribution is 0.102. The van der Waals surface area contributed by atoms with Gasteiger partial charge in [0.1, 0.15) is 5.56 Å². The highest BCUT2D eigenvalue weighted by Crippen LogP contribution is 2.31. The first-order chi connectivity index (χ1) is 12.6. The zero-order chi connectivity index (χ0) is 18.1. The Labute approximate surface area is 153 Å². The number of carbonyl (C=O) groups is 1. The summed E-state index contributed by atoms with van der Waals surface area (Å²) in [6.07, 6.45) is 0. The third-order valence-electron chi connectivity index (χ3n) is 4.22. The molecule has 3 heterocycles. The summed E-state index contributed by atoms with van der Waals surface area (Å²) in [7, 11) is 0. The van der Waals surface area contributed by atoms with Gasteiger partial charge in [-0.05, 0) is 37.3 Å². The van der Waals surface area contributed by atoms with Crippen molar-refractivity contribution in [3.05, 3.63) is 51.9 Å². The molecular formula is C18H18N4O3S. The van der Waals surface area contributed by atoms with Crippen LogP contribution in [0.2, 0.25) is 0 Å². The molecule has 4 rings (SSSR count). The highest BCUT2D eigenvalue weighted by Gasteiger charge is 2.16. The van der Waals surface area contributed by atoms with E-state index in [1.165, 1.54) is 6.07 Å². The SMILES string of the molecule is Cc1ccc(C(=O)Nc2ccc3nc(N4CCOCC4)sc3c2)c(=O)[nH]1. The number of anilines is 2. The second kappa shape index (κ2) is 6.89. The van der Waals surface area contributed by atoms with Crippen LogP contribution in [-0.2, 0) is 4.74 Å². The lowest BCUT2D eigenvalue weighted by atomic mass is 10.2. The molecule has 1 amide bonds. The number of carbonyl (C=O) groups excluding carboxylic acids is 1. The van der Waals surface area contributed by atoms with Crippen LogP contribution in [0.15, 0.2) is 35.1 Å². The van der Waals surface area contributed by atoms with E-state index in [2.05, 4.69) is 20.2 Å². The maximum absolute atomic E-state index is 12.4. The zero-order valence-electron chi connectivity index (χ0n) is 14.2. The molecule has 2 aromatic heterocycles. The summed E-state index contributed by atoms with van der Waals surface area (Å²) >= 11 is 1.59. The standard InChI is InChI=1S/C18H18N4O3S/c1-11-2-4-13(16(23)19-11)17(24)20-12-3-5-14-15(10-12)26-18(21-14)22-6-8-25-9-7-22/h2-5,10H,6-9H2,1H3,(H,19,23)(H,20,24). The Morgan fingerprint density at radius 1 is 1.27 bits per heavy atom. The monoisotopic (exact) mass is 370 g/mol. The molecule has 1 saturated heterocycles. The molecule has 0 atom stereocenters. The minimum absolute atomic E-state index is 0.0917. The van der Waals surface area contributed by atoms with Crippen LogP contribution in [0.25, 0.3) is 10.2 Å². The molecule has 0 spiro atoms. The molecule has 3 aromatic rings. The Morgan fingerprint density at radius 3 is 2.85 bits per heavy atom. The van der Waals surface area contributed by atoms with Crippen LogP contribution in [0.4, 0.5) is 10.8 Å². The van der Waals surface area contributed by atoms with Crippen molar-refractivity contribution in [1.29, 1.82) is 0 Å². The minimum Gasteiger partial charge on any atom is -0.378 e. The first-order valence-electron chi connectivity index (χ1n) is 8.35. The lowest BCUT2D eigenvalue weighted by Gasteiger charge is -2.25. The summed E-state index contributed by atoms with van der Waals surface area (Å²) in [5.74, 6) is -0.427. The van der Waals surface area contributed by atoms with E-state index in [0.29, 0.717) is 24.6 Å². The van der Waals surface area contributed by atoms with Gasteiger partial charge in [-0.2, -0.15) is 0 Å². The number of nitrogens with zero attached hydrogens (tertiary/aromatic N) is 2. The summed E-state index contributed by atoms with van der Waals surface area (Å²) in [6, 6.07) is 8.80. The fourth-order valence-corrected chi connectivity index (χ4v) is 3.89. The molecule has 2 N–H and O–H groups in total. The Bertz CT molecular complexity index is 1020. The fraction of sp³-hybridized carbons (Fsp3) is 0.278. The summed E-state index contributed by atoms with van der Waals surface area (Å²) in [5.41, 5.74) is 1.94. The quantitative estimate of drug-likeness (QED) is 0.739. The second-order valence-corrected chi connectivity index (χ2v) is 7.13. The molecule has 1 aromatic carbocycles. The highest BCUT2D eigenvalue weighted by molar-refractivity contribution is 7.22. The average molecular weight is 370 g/mol. The smallest absolute Gasteiger partial charge is 0.261 e. The number of morpholine rings is 1.